The first-order valence-electron chi connectivity index (χ1n) is 11.9. The van der Waals surface area contributed by atoms with Gasteiger partial charge in [0.2, 0.25) is 5.91 Å². The standard InChI is InChI=1S/C25H33N5O4/c1-27-23-22(24(32)28(2)25(27)33)30(17-26-23)14-4-5-21(31)29-15-12-19(13-16-29)7-6-18-8-10-20(34-3)11-9-18/h8-11,17,19H,4-7,12-16H2,1-3H3. The van der Waals surface area contributed by atoms with Crippen LogP contribution in [-0.2, 0) is 31.9 Å². The summed E-state index contributed by atoms with van der Waals surface area (Å²) in [6.07, 6.45) is 6.89. The molecule has 0 unspecified atom stereocenters. The maximum absolute atomic E-state index is 12.7. The number of likely N-dealkylation sites (tertiary alicyclic amines) is 1. The molecule has 3 aromatic rings. The minimum atomic E-state index is -0.398. The SMILES string of the molecule is COc1ccc(CCC2CCN(C(=O)CCCn3cnc4c3c(=O)n(C)c(=O)n4C)CC2)cc1. The number of methoxy groups -OCH3 is 1. The summed E-state index contributed by atoms with van der Waals surface area (Å²) >= 11 is 0. The zero-order valence-corrected chi connectivity index (χ0v) is 20.2. The molecule has 1 aliphatic heterocycles. The van der Waals surface area contributed by atoms with Crippen LogP contribution in [0.2, 0.25) is 0 Å². The fraction of sp³-hybridized carbons (Fsp3) is 0.520. The summed E-state index contributed by atoms with van der Waals surface area (Å²) in [4.78, 5) is 43.6. The molecule has 0 N–H and O–H groups in total. The number of piperidine rings is 1. The van der Waals surface area contributed by atoms with Gasteiger partial charge in [-0.15, -0.1) is 0 Å². The van der Waals surface area contributed by atoms with Gasteiger partial charge in [-0.05, 0) is 55.7 Å². The number of carbonyl (C=O) groups is 1. The normalized spacial score (nSPS) is 14.6. The lowest BCUT2D eigenvalue weighted by molar-refractivity contribution is -0.132. The second-order valence-corrected chi connectivity index (χ2v) is 9.13. The Labute approximate surface area is 198 Å². The van der Waals surface area contributed by atoms with Crippen molar-refractivity contribution in [3.63, 3.8) is 0 Å². The van der Waals surface area contributed by atoms with Crippen molar-refractivity contribution in [2.75, 3.05) is 20.2 Å². The number of fused-ring (bicyclic) bond motifs is 1. The van der Waals surface area contributed by atoms with E-state index in [9.17, 15) is 14.4 Å². The minimum Gasteiger partial charge on any atom is -0.497 e. The second-order valence-electron chi connectivity index (χ2n) is 9.13. The van der Waals surface area contributed by atoms with Crippen LogP contribution in [0.4, 0.5) is 0 Å². The molecule has 0 bridgehead atoms. The molecule has 0 atom stereocenters. The molecule has 9 nitrogen and oxygen atoms in total. The lowest BCUT2D eigenvalue weighted by Crippen LogP contribution is -2.38. The number of aryl methyl sites for hydroxylation is 3. The van der Waals surface area contributed by atoms with E-state index in [1.54, 1.807) is 25.1 Å². The topological polar surface area (TPSA) is 91.4 Å². The molecule has 0 spiro atoms. The van der Waals surface area contributed by atoms with Crippen molar-refractivity contribution < 1.29 is 9.53 Å². The van der Waals surface area contributed by atoms with Crippen LogP contribution in [0.15, 0.2) is 40.2 Å². The number of amides is 1. The van der Waals surface area contributed by atoms with Crippen LogP contribution in [0.25, 0.3) is 11.2 Å². The summed E-state index contributed by atoms with van der Waals surface area (Å²) in [6.45, 7) is 2.12. The summed E-state index contributed by atoms with van der Waals surface area (Å²) in [7, 11) is 4.74. The van der Waals surface area contributed by atoms with Gasteiger partial charge >= 0.3 is 5.69 Å². The predicted molar refractivity (Wildman–Crippen MR) is 130 cm³/mol. The van der Waals surface area contributed by atoms with Crippen LogP contribution in [0.3, 0.4) is 0 Å². The number of nitrogens with zero attached hydrogens (tertiary/aromatic N) is 5. The van der Waals surface area contributed by atoms with Gasteiger partial charge in [0.05, 0.1) is 13.4 Å². The number of hydrogen-bond acceptors (Lipinski definition) is 5. The first kappa shape index (κ1) is 23.8. The first-order valence-corrected chi connectivity index (χ1v) is 11.9. The van der Waals surface area contributed by atoms with Crippen LogP contribution in [0, 0.1) is 5.92 Å². The molecular formula is C25H33N5O4. The zero-order valence-electron chi connectivity index (χ0n) is 20.2. The van der Waals surface area contributed by atoms with Gasteiger partial charge < -0.3 is 14.2 Å². The van der Waals surface area contributed by atoms with Crippen LogP contribution in [-0.4, -0.2) is 49.7 Å². The summed E-state index contributed by atoms with van der Waals surface area (Å²) in [5, 5.41) is 0. The first-order chi connectivity index (χ1) is 16.4. The third-order valence-corrected chi connectivity index (χ3v) is 6.97. The highest BCUT2D eigenvalue weighted by Gasteiger charge is 2.22. The Hall–Kier alpha value is -3.36. The van der Waals surface area contributed by atoms with Crippen molar-refractivity contribution in [2.45, 2.75) is 45.1 Å². The molecule has 1 saturated heterocycles. The molecule has 3 heterocycles. The molecule has 34 heavy (non-hydrogen) atoms. The van der Waals surface area contributed by atoms with Gasteiger partial charge in [-0.1, -0.05) is 12.1 Å². The lowest BCUT2D eigenvalue weighted by atomic mass is 9.90. The Bertz CT molecular complexity index is 1260. The third-order valence-electron chi connectivity index (χ3n) is 6.97. The maximum Gasteiger partial charge on any atom is 0.332 e. The van der Waals surface area contributed by atoms with E-state index < -0.39 is 5.69 Å². The number of ether oxygens (including phenoxy) is 1. The van der Waals surface area contributed by atoms with E-state index in [2.05, 4.69) is 17.1 Å². The van der Waals surface area contributed by atoms with Crippen molar-refractivity contribution in [1.29, 1.82) is 0 Å². The van der Waals surface area contributed by atoms with Crippen molar-refractivity contribution >= 4 is 17.1 Å². The Morgan fingerprint density at radius 2 is 1.79 bits per heavy atom. The van der Waals surface area contributed by atoms with Crippen molar-refractivity contribution in [2.24, 2.45) is 20.0 Å². The highest BCUT2D eigenvalue weighted by Crippen LogP contribution is 2.24. The molecule has 2 aromatic heterocycles. The molecule has 1 amide bonds. The Morgan fingerprint density at radius 1 is 1.09 bits per heavy atom. The number of aromatic nitrogens is 4. The molecule has 1 aliphatic rings. The summed E-state index contributed by atoms with van der Waals surface area (Å²) < 4.78 is 9.42. The summed E-state index contributed by atoms with van der Waals surface area (Å²) in [6, 6.07) is 8.25. The van der Waals surface area contributed by atoms with Gasteiger partial charge in [0.1, 0.15) is 5.75 Å². The molecule has 0 radical (unpaired) electrons. The zero-order chi connectivity index (χ0) is 24.2. The van der Waals surface area contributed by atoms with E-state index in [0.29, 0.717) is 36.5 Å². The Kier molecular flexibility index (Phi) is 7.19. The van der Waals surface area contributed by atoms with Gasteiger partial charge in [-0.2, -0.15) is 0 Å². The molecule has 1 aromatic carbocycles. The van der Waals surface area contributed by atoms with E-state index >= 15 is 0 Å². The van der Waals surface area contributed by atoms with E-state index in [4.69, 9.17) is 4.74 Å². The second kappa shape index (κ2) is 10.3. The quantitative estimate of drug-likeness (QED) is 0.506. The van der Waals surface area contributed by atoms with Crippen molar-refractivity contribution in [3.8, 4) is 5.75 Å². The largest absolute Gasteiger partial charge is 0.497 e. The fourth-order valence-electron chi connectivity index (χ4n) is 4.76. The van der Waals surface area contributed by atoms with Gasteiger partial charge in [-0.25, -0.2) is 9.78 Å². The Morgan fingerprint density at radius 3 is 2.47 bits per heavy atom. The van der Waals surface area contributed by atoms with Crippen LogP contribution >= 0.6 is 0 Å². The molecular weight excluding hydrogens is 434 g/mol. The minimum absolute atomic E-state index is 0.165. The average Bonchev–Trinajstić information content (AvgIpc) is 3.29. The van der Waals surface area contributed by atoms with Crippen LogP contribution in [0.1, 0.15) is 37.7 Å². The van der Waals surface area contributed by atoms with Crippen molar-refractivity contribution in [1.82, 2.24) is 23.6 Å². The van der Waals surface area contributed by atoms with Crippen molar-refractivity contribution in [3.05, 3.63) is 57.0 Å². The van der Waals surface area contributed by atoms with E-state index in [0.717, 1.165) is 49.1 Å². The average molecular weight is 468 g/mol. The van der Waals surface area contributed by atoms with E-state index in [1.807, 2.05) is 17.0 Å². The third kappa shape index (κ3) is 4.93. The maximum atomic E-state index is 12.7. The number of imidazole rings is 1. The molecule has 182 valence electrons. The fourth-order valence-corrected chi connectivity index (χ4v) is 4.76. The molecule has 0 aliphatic carbocycles. The Balaban J connectivity index is 1.24. The number of carbonyl (C=O) groups excluding carboxylic acids is 1. The number of hydrogen-bond donors (Lipinski definition) is 0. The molecule has 0 saturated carbocycles. The van der Waals surface area contributed by atoms with E-state index in [-0.39, 0.29) is 11.5 Å². The molecule has 4 rings (SSSR count). The summed E-state index contributed by atoms with van der Waals surface area (Å²) in [5.74, 6) is 1.69. The smallest absolute Gasteiger partial charge is 0.332 e. The highest BCUT2D eigenvalue weighted by molar-refractivity contribution is 5.76. The van der Waals surface area contributed by atoms with Crippen LogP contribution < -0.4 is 16.0 Å². The highest BCUT2D eigenvalue weighted by atomic mass is 16.5. The predicted octanol–water partition coefficient (Wildman–Crippen LogP) is 2.09. The van der Waals surface area contributed by atoms with Gasteiger partial charge in [0.25, 0.3) is 5.56 Å². The van der Waals surface area contributed by atoms with Crippen LogP contribution in [0.5, 0.6) is 5.75 Å². The molecule has 1 fully saturated rings. The number of benzene rings is 1. The number of rotatable bonds is 8. The summed E-state index contributed by atoms with van der Waals surface area (Å²) in [5.41, 5.74) is 1.33. The lowest BCUT2D eigenvalue weighted by Gasteiger charge is -2.32. The van der Waals surface area contributed by atoms with Gasteiger partial charge in [0, 0.05) is 40.2 Å². The van der Waals surface area contributed by atoms with Gasteiger partial charge in [-0.3, -0.25) is 18.7 Å². The molecule has 9 heteroatoms. The monoisotopic (exact) mass is 467 g/mol. The van der Waals surface area contributed by atoms with Gasteiger partial charge in [0.15, 0.2) is 11.2 Å². The van der Waals surface area contributed by atoms with E-state index in [1.165, 1.54) is 17.2 Å².